The summed E-state index contributed by atoms with van der Waals surface area (Å²) in [5.74, 6) is -2.51. The lowest BCUT2D eigenvalue weighted by Gasteiger charge is -2.43. The number of nitrogens with zero attached hydrogens (tertiary/aromatic N) is 4. The molecule has 3 fully saturated rings. The summed E-state index contributed by atoms with van der Waals surface area (Å²) in [5, 5.41) is 0.449. The van der Waals surface area contributed by atoms with Crippen LogP contribution in [-0.4, -0.2) is 96.2 Å². The minimum Gasteiger partial charge on any atom is -0.342 e. The Balaban J connectivity index is 1.40. The quantitative estimate of drug-likeness (QED) is 0.337. The van der Waals surface area contributed by atoms with Gasteiger partial charge in [-0.3, -0.25) is 14.4 Å². The second kappa shape index (κ2) is 13.5. The van der Waals surface area contributed by atoms with E-state index in [0.717, 1.165) is 30.8 Å². The Kier molecular flexibility index (Phi) is 10.1. The molecule has 3 saturated heterocycles. The first-order valence-electron chi connectivity index (χ1n) is 15.2. The smallest absolute Gasteiger partial charge is 0.342 e. The molecule has 0 aromatic heterocycles. The van der Waals surface area contributed by atoms with Gasteiger partial charge in [0.05, 0.1) is 27.1 Å². The first kappa shape index (κ1) is 35.3. The molecular formula is C32H34Cl2F6N4O3. The summed E-state index contributed by atoms with van der Waals surface area (Å²) < 4.78 is 81.3. The number of alkyl halides is 6. The number of hydrogen-bond acceptors (Lipinski definition) is 4. The number of carbonyl (C=O) groups is 3. The summed E-state index contributed by atoms with van der Waals surface area (Å²) in [6.45, 7) is 2.26. The third-order valence-corrected chi connectivity index (χ3v) is 10.3. The molecule has 256 valence electrons. The van der Waals surface area contributed by atoms with Crippen molar-refractivity contribution in [3.05, 3.63) is 68.7 Å². The van der Waals surface area contributed by atoms with Crippen molar-refractivity contribution in [3.63, 3.8) is 0 Å². The lowest BCUT2D eigenvalue weighted by Crippen LogP contribution is -2.53. The first-order chi connectivity index (χ1) is 21.9. The van der Waals surface area contributed by atoms with Crippen molar-refractivity contribution in [2.75, 3.05) is 46.8 Å². The van der Waals surface area contributed by atoms with Gasteiger partial charge in [0.25, 0.3) is 5.91 Å². The zero-order chi connectivity index (χ0) is 34.4. The molecule has 3 heterocycles. The molecule has 0 spiro atoms. The average molecular weight is 708 g/mol. The SMILES string of the molecule is CN1CCC(N2CC(C(=O)N3CC[C@@H](N(C)C(=O)c4cc(C(F)(F)F)cc(C(F)(F)F)c4)[C@H](c4ccc(Cl)c(Cl)c4)C3)CC2=O)CC1. The van der Waals surface area contributed by atoms with Gasteiger partial charge in [-0.15, -0.1) is 0 Å². The van der Waals surface area contributed by atoms with Gasteiger partial charge in [0.15, 0.2) is 0 Å². The highest BCUT2D eigenvalue weighted by Crippen LogP contribution is 2.39. The topological polar surface area (TPSA) is 64.2 Å². The van der Waals surface area contributed by atoms with Crippen molar-refractivity contribution in [1.82, 2.24) is 19.6 Å². The summed E-state index contributed by atoms with van der Waals surface area (Å²) in [5.41, 5.74) is -3.37. The summed E-state index contributed by atoms with van der Waals surface area (Å²) >= 11 is 12.4. The maximum atomic E-state index is 13.8. The maximum Gasteiger partial charge on any atom is 0.416 e. The van der Waals surface area contributed by atoms with E-state index < -0.39 is 52.8 Å². The van der Waals surface area contributed by atoms with Gasteiger partial charge < -0.3 is 19.6 Å². The highest BCUT2D eigenvalue weighted by atomic mass is 35.5. The molecule has 1 unspecified atom stereocenters. The van der Waals surface area contributed by atoms with Crippen molar-refractivity contribution >= 4 is 40.9 Å². The molecule has 3 amide bonds. The predicted molar refractivity (Wildman–Crippen MR) is 163 cm³/mol. The number of piperidine rings is 2. The van der Waals surface area contributed by atoms with Crippen molar-refractivity contribution in [1.29, 1.82) is 0 Å². The van der Waals surface area contributed by atoms with Crippen LogP contribution in [0.3, 0.4) is 0 Å². The second-order valence-corrected chi connectivity index (χ2v) is 13.4. The Morgan fingerprint density at radius 2 is 1.47 bits per heavy atom. The van der Waals surface area contributed by atoms with E-state index in [-0.39, 0.29) is 59.9 Å². The third kappa shape index (κ3) is 7.67. The van der Waals surface area contributed by atoms with Crippen LogP contribution < -0.4 is 0 Å². The van der Waals surface area contributed by atoms with E-state index in [1.165, 1.54) is 13.1 Å². The van der Waals surface area contributed by atoms with Gasteiger partial charge in [-0.2, -0.15) is 26.3 Å². The van der Waals surface area contributed by atoms with E-state index in [4.69, 9.17) is 23.2 Å². The van der Waals surface area contributed by atoms with E-state index in [0.29, 0.717) is 24.2 Å². The fraction of sp³-hybridized carbons (Fsp3) is 0.531. The number of likely N-dealkylation sites (N-methyl/N-ethyl adjacent to an activating group) is 1. The summed E-state index contributed by atoms with van der Waals surface area (Å²) in [4.78, 5) is 47.1. The number of halogens is 8. The second-order valence-electron chi connectivity index (χ2n) is 12.6. The van der Waals surface area contributed by atoms with Gasteiger partial charge in [0, 0.05) is 56.7 Å². The number of likely N-dealkylation sites (tertiary alicyclic amines) is 3. The Hall–Kier alpha value is -3.03. The van der Waals surface area contributed by atoms with Crippen LogP contribution in [0.2, 0.25) is 10.0 Å². The molecule has 2 aromatic carbocycles. The number of hydrogen-bond donors (Lipinski definition) is 0. The average Bonchev–Trinajstić information content (AvgIpc) is 3.41. The molecule has 2 aromatic rings. The largest absolute Gasteiger partial charge is 0.416 e. The van der Waals surface area contributed by atoms with Gasteiger partial charge in [-0.05, 0) is 75.3 Å². The van der Waals surface area contributed by atoms with Crippen LogP contribution in [-0.2, 0) is 21.9 Å². The molecule has 0 aliphatic carbocycles. The van der Waals surface area contributed by atoms with Crippen LogP contribution in [0, 0.1) is 5.92 Å². The molecule has 3 atom stereocenters. The maximum absolute atomic E-state index is 13.8. The first-order valence-corrected chi connectivity index (χ1v) is 16.0. The highest BCUT2D eigenvalue weighted by molar-refractivity contribution is 6.42. The van der Waals surface area contributed by atoms with Crippen LogP contribution in [0.5, 0.6) is 0 Å². The standard InChI is InChI=1S/C32H34Cl2F6N4O3/c1-41-8-5-23(6-9-41)44-16-20(14-28(44)45)30(47)43-10-7-27(24(17-43)18-3-4-25(33)26(34)13-18)42(2)29(46)19-11-21(31(35,36)37)15-22(12-19)32(38,39)40/h3-4,11-13,15,20,23-24,27H,5-10,14,16-17H2,1-2H3/t20?,24-,27+/m0/s1. The normalized spacial score (nSPS) is 23.4. The minimum atomic E-state index is -5.12. The Morgan fingerprint density at radius 1 is 0.851 bits per heavy atom. The van der Waals surface area contributed by atoms with Gasteiger partial charge in [0.1, 0.15) is 0 Å². The molecule has 3 aliphatic rings. The predicted octanol–water partition coefficient (Wildman–Crippen LogP) is 6.43. The van der Waals surface area contributed by atoms with Crippen molar-refractivity contribution in [2.45, 2.75) is 56.0 Å². The van der Waals surface area contributed by atoms with Gasteiger partial charge in [0.2, 0.25) is 11.8 Å². The number of amides is 3. The molecule has 7 nitrogen and oxygen atoms in total. The lowest BCUT2D eigenvalue weighted by molar-refractivity contribution is -0.143. The summed E-state index contributed by atoms with van der Waals surface area (Å²) in [6, 6.07) is 4.90. The van der Waals surface area contributed by atoms with Crippen LogP contribution in [0.1, 0.15) is 58.6 Å². The number of carbonyl (C=O) groups excluding carboxylic acids is 3. The number of benzene rings is 2. The molecule has 0 N–H and O–H groups in total. The van der Waals surface area contributed by atoms with E-state index in [1.807, 2.05) is 7.05 Å². The van der Waals surface area contributed by atoms with Crippen LogP contribution in [0.15, 0.2) is 36.4 Å². The van der Waals surface area contributed by atoms with Crippen molar-refractivity contribution < 1.29 is 40.7 Å². The molecule has 0 radical (unpaired) electrons. The fourth-order valence-electron chi connectivity index (χ4n) is 6.92. The molecule has 0 saturated carbocycles. The monoisotopic (exact) mass is 706 g/mol. The third-order valence-electron chi connectivity index (χ3n) is 9.55. The van der Waals surface area contributed by atoms with Gasteiger partial charge >= 0.3 is 12.4 Å². The highest BCUT2D eigenvalue weighted by Gasteiger charge is 2.44. The molecule has 15 heteroatoms. The number of rotatable bonds is 5. The lowest BCUT2D eigenvalue weighted by atomic mass is 9.84. The zero-order valence-corrected chi connectivity index (χ0v) is 27.2. The van der Waals surface area contributed by atoms with Crippen molar-refractivity contribution in [3.8, 4) is 0 Å². The van der Waals surface area contributed by atoms with E-state index in [9.17, 15) is 40.7 Å². The zero-order valence-electron chi connectivity index (χ0n) is 25.7. The van der Waals surface area contributed by atoms with Crippen LogP contribution >= 0.6 is 23.2 Å². The Morgan fingerprint density at radius 3 is 2.04 bits per heavy atom. The molecule has 0 bridgehead atoms. The summed E-state index contributed by atoms with van der Waals surface area (Å²) in [7, 11) is 3.34. The van der Waals surface area contributed by atoms with Crippen LogP contribution in [0.4, 0.5) is 26.3 Å². The molecule has 5 rings (SSSR count). The van der Waals surface area contributed by atoms with E-state index in [1.54, 1.807) is 21.9 Å². The fourth-order valence-corrected chi connectivity index (χ4v) is 7.23. The Labute approximate surface area is 278 Å². The van der Waals surface area contributed by atoms with Crippen molar-refractivity contribution in [2.24, 2.45) is 5.92 Å². The summed E-state index contributed by atoms with van der Waals surface area (Å²) in [6.07, 6.45) is -8.34. The van der Waals surface area contributed by atoms with Gasteiger partial charge in [-0.1, -0.05) is 29.3 Å². The molecule has 47 heavy (non-hydrogen) atoms. The van der Waals surface area contributed by atoms with Gasteiger partial charge in [-0.25, -0.2) is 0 Å². The van der Waals surface area contributed by atoms with E-state index >= 15 is 0 Å². The Bertz CT molecular complexity index is 1500. The van der Waals surface area contributed by atoms with E-state index in [2.05, 4.69) is 4.90 Å². The minimum absolute atomic E-state index is 0.0268. The van der Waals surface area contributed by atoms with Crippen LogP contribution in [0.25, 0.3) is 0 Å². The molecule has 3 aliphatic heterocycles. The molecular weight excluding hydrogens is 673 g/mol.